The van der Waals surface area contributed by atoms with E-state index in [1.165, 1.54) is 11.1 Å². The lowest BCUT2D eigenvalue weighted by molar-refractivity contribution is -0.118. The van der Waals surface area contributed by atoms with E-state index in [0.29, 0.717) is 0 Å². The van der Waals surface area contributed by atoms with Gasteiger partial charge in [-0.15, -0.1) is 0 Å². The van der Waals surface area contributed by atoms with Crippen LogP contribution in [0.2, 0.25) is 0 Å². The van der Waals surface area contributed by atoms with Gasteiger partial charge in [-0.05, 0) is 54.8 Å². The zero-order valence-electron chi connectivity index (χ0n) is 14.3. The fourth-order valence-electron chi connectivity index (χ4n) is 3.32. The van der Waals surface area contributed by atoms with E-state index in [-0.39, 0.29) is 18.6 Å². The number of nitrogens with one attached hydrogen (secondary N) is 2. The predicted molar refractivity (Wildman–Crippen MR) is 96.3 cm³/mol. The molecule has 2 aromatic carbocycles. The second-order valence-corrected chi connectivity index (χ2v) is 6.56. The van der Waals surface area contributed by atoms with E-state index in [0.717, 1.165) is 48.7 Å². The van der Waals surface area contributed by atoms with Gasteiger partial charge in [0.15, 0.2) is 6.61 Å². The number of benzene rings is 2. The van der Waals surface area contributed by atoms with Crippen LogP contribution in [0.4, 0.5) is 5.69 Å². The van der Waals surface area contributed by atoms with Gasteiger partial charge in [-0.1, -0.05) is 18.2 Å². The third-order valence-electron chi connectivity index (χ3n) is 4.75. The quantitative estimate of drug-likeness (QED) is 0.880. The van der Waals surface area contributed by atoms with Gasteiger partial charge in [-0.25, -0.2) is 0 Å². The Kier molecular flexibility index (Phi) is 4.32. The average molecular weight is 338 g/mol. The van der Waals surface area contributed by atoms with Crippen LogP contribution >= 0.6 is 0 Å². The Hall–Kier alpha value is -2.53. The van der Waals surface area contributed by atoms with E-state index in [9.17, 15) is 4.79 Å². The van der Waals surface area contributed by atoms with E-state index >= 15 is 0 Å². The number of hydrogen-bond acceptors (Lipinski definition) is 4. The smallest absolute Gasteiger partial charge is 0.262 e. The Labute approximate surface area is 147 Å². The van der Waals surface area contributed by atoms with E-state index in [1.54, 1.807) is 0 Å². The number of ether oxygens (including phenoxy) is 2. The highest BCUT2D eigenvalue weighted by molar-refractivity contribution is 5.95. The number of hydrogen-bond donors (Lipinski definition) is 2. The first-order chi connectivity index (χ1) is 12.2. The molecule has 2 aromatic rings. The predicted octanol–water partition coefficient (Wildman–Crippen LogP) is 2.85. The molecule has 0 spiro atoms. The molecule has 4 rings (SSSR count). The minimum Gasteiger partial charge on any atom is -0.493 e. The van der Waals surface area contributed by atoms with Crippen molar-refractivity contribution in [1.29, 1.82) is 0 Å². The lowest BCUT2D eigenvalue weighted by atomic mass is 10.0. The van der Waals surface area contributed by atoms with Gasteiger partial charge >= 0.3 is 0 Å². The number of amides is 1. The summed E-state index contributed by atoms with van der Waals surface area (Å²) < 4.78 is 11.0. The highest BCUT2D eigenvalue weighted by Crippen LogP contribution is 2.30. The number of carbonyl (C=O) groups is 1. The molecular weight excluding hydrogens is 316 g/mol. The molecule has 130 valence electrons. The first-order valence-electron chi connectivity index (χ1n) is 8.73. The van der Waals surface area contributed by atoms with Crippen LogP contribution in [0, 0.1) is 0 Å². The van der Waals surface area contributed by atoms with Gasteiger partial charge in [0, 0.05) is 12.5 Å². The zero-order valence-corrected chi connectivity index (χ0v) is 14.3. The monoisotopic (exact) mass is 338 g/mol. The van der Waals surface area contributed by atoms with E-state index in [1.807, 2.05) is 18.2 Å². The molecular formula is C20H22N2O3. The Morgan fingerprint density at radius 3 is 2.96 bits per heavy atom. The zero-order chi connectivity index (χ0) is 17.2. The van der Waals surface area contributed by atoms with Gasteiger partial charge in [0.25, 0.3) is 5.91 Å². The SMILES string of the molecule is C[C@H](NCCc1ccc2c(c1)CCO2)c1ccc2c(c1)NC(=O)CO2. The topological polar surface area (TPSA) is 59.6 Å². The van der Waals surface area contributed by atoms with Crippen LogP contribution < -0.4 is 20.1 Å². The number of rotatable bonds is 5. The molecule has 0 aromatic heterocycles. The summed E-state index contributed by atoms with van der Waals surface area (Å²) in [5.74, 6) is 1.66. The molecule has 0 unspecified atom stereocenters. The molecule has 25 heavy (non-hydrogen) atoms. The standard InChI is InChI=1S/C20H22N2O3/c1-13(15-3-5-19-17(11-15)22-20(23)12-25-19)21-8-6-14-2-4-18-16(10-14)7-9-24-18/h2-5,10-11,13,21H,6-9,12H2,1H3,(H,22,23)/t13-/m0/s1. The van der Waals surface area contributed by atoms with Gasteiger partial charge in [0.05, 0.1) is 12.3 Å². The summed E-state index contributed by atoms with van der Waals surface area (Å²) in [6, 6.07) is 12.6. The van der Waals surface area contributed by atoms with Crippen molar-refractivity contribution in [2.45, 2.75) is 25.8 Å². The molecule has 0 aliphatic carbocycles. The number of carbonyl (C=O) groups excluding carboxylic acids is 1. The minimum absolute atomic E-state index is 0.0893. The van der Waals surface area contributed by atoms with Crippen molar-refractivity contribution in [1.82, 2.24) is 5.32 Å². The van der Waals surface area contributed by atoms with Crippen molar-refractivity contribution in [2.24, 2.45) is 0 Å². The molecule has 2 aliphatic heterocycles. The summed E-state index contributed by atoms with van der Waals surface area (Å²) in [6.45, 7) is 3.91. The highest BCUT2D eigenvalue weighted by atomic mass is 16.5. The summed E-state index contributed by atoms with van der Waals surface area (Å²) in [7, 11) is 0. The van der Waals surface area contributed by atoms with Crippen molar-refractivity contribution in [3.05, 3.63) is 53.1 Å². The molecule has 0 fully saturated rings. The van der Waals surface area contributed by atoms with Crippen molar-refractivity contribution in [2.75, 3.05) is 25.1 Å². The van der Waals surface area contributed by atoms with Crippen molar-refractivity contribution < 1.29 is 14.3 Å². The molecule has 0 saturated heterocycles. The van der Waals surface area contributed by atoms with Crippen LogP contribution in [0.25, 0.3) is 0 Å². The first kappa shape index (κ1) is 16.0. The normalized spacial score (nSPS) is 16.3. The second kappa shape index (κ2) is 6.76. The first-order valence-corrected chi connectivity index (χ1v) is 8.73. The van der Waals surface area contributed by atoms with E-state index in [2.05, 4.69) is 35.8 Å². The van der Waals surface area contributed by atoms with Crippen LogP contribution in [-0.2, 0) is 17.6 Å². The summed E-state index contributed by atoms with van der Waals surface area (Å²) >= 11 is 0. The highest BCUT2D eigenvalue weighted by Gasteiger charge is 2.17. The Balaban J connectivity index is 1.35. The van der Waals surface area contributed by atoms with Crippen LogP contribution in [0.1, 0.15) is 29.7 Å². The van der Waals surface area contributed by atoms with Crippen molar-refractivity contribution in [3.8, 4) is 11.5 Å². The Bertz CT molecular complexity index is 804. The maximum Gasteiger partial charge on any atom is 0.262 e. The molecule has 0 bridgehead atoms. The molecule has 5 nitrogen and oxygen atoms in total. The lowest BCUT2D eigenvalue weighted by Crippen LogP contribution is -2.26. The van der Waals surface area contributed by atoms with Crippen LogP contribution in [0.15, 0.2) is 36.4 Å². The Morgan fingerprint density at radius 2 is 2.04 bits per heavy atom. The maximum atomic E-state index is 11.5. The van der Waals surface area contributed by atoms with Gasteiger partial charge in [-0.3, -0.25) is 4.79 Å². The summed E-state index contributed by atoms with van der Waals surface area (Å²) in [5, 5.41) is 6.41. The van der Waals surface area contributed by atoms with E-state index < -0.39 is 0 Å². The van der Waals surface area contributed by atoms with Crippen molar-refractivity contribution in [3.63, 3.8) is 0 Å². The van der Waals surface area contributed by atoms with Gasteiger partial charge in [0.2, 0.25) is 0 Å². The third-order valence-corrected chi connectivity index (χ3v) is 4.75. The molecule has 0 radical (unpaired) electrons. The fraction of sp³-hybridized carbons (Fsp3) is 0.350. The van der Waals surface area contributed by atoms with Crippen LogP contribution in [0.5, 0.6) is 11.5 Å². The Morgan fingerprint density at radius 1 is 1.16 bits per heavy atom. The molecule has 1 atom stereocenters. The molecule has 2 heterocycles. The number of fused-ring (bicyclic) bond motifs is 2. The maximum absolute atomic E-state index is 11.5. The largest absolute Gasteiger partial charge is 0.493 e. The van der Waals surface area contributed by atoms with Crippen LogP contribution in [0.3, 0.4) is 0 Å². The van der Waals surface area contributed by atoms with E-state index in [4.69, 9.17) is 9.47 Å². The third kappa shape index (κ3) is 3.46. The van der Waals surface area contributed by atoms with Gasteiger partial charge in [0.1, 0.15) is 11.5 Å². The van der Waals surface area contributed by atoms with Crippen LogP contribution in [-0.4, -0.2) is 25.7 Å². The summed E-state index contributed by atoms with van der Waals surface area (Å²) in [4.78, 5) is 11.5. The minimum atomic E-state index is -0.106. The summed E-state index contributed by atoms with van der Waals surface area (Å²) in [6.07, 6.45) is 1.98. The lowest BCUT2D eigenvalue weighted by Gasteiger charge is -2.21. The summed E-state index contributed by atoms with van der Waals surface area (Å²) in [5.41, 5.74) is 4.53. The molecule has 1 amide bonds. The average Bonchev–Trinajstić information content (AvgIpc) is 3.08. The van der Waals surface area contributed by atoms with Gasteiger partial charge < -0.3 is 20.1 Å². The molecule has 2 N–H and O–H groups in total. The molecule has 0 saturated carbocycles. The molecule has 2 aliphatic rings. The second-order valence-electron chi connectivity index (χ2n) is 6.56. The van der Waals surface area contributed by atoms with Gasteiger partial charge in [-0.2, -0.15) is 0 Å². The van der Waals surface area contributed by atoms with Crippen molar-refractivity contribution >= 4 is 11.6 Å². The number of anilines is 1. The molecule has 5 heteroatoms. The fourth-order valence-corrected chi connectivity index (χ4v) is 3.32.